The minimum Gasteiger partial charge on any atom is -0.489 e. The molecule has 7 nitrogen and oxygen atoms in total. The van der Waals surface area contributed by atoms with Crippen LogP contribution in [-0.4, -0.2) is 54.7 Å². The Morgan fingerprint density at radius 3 is 2.50 bits per heavy atom. The highest BCUT2D eigenvalue weighted by atomic mass is 19.1. The van der Waals surface area contributed by atoms with Crippen molar-refractivity contribution in [3.05, 3.63) is 94.3 Å². The van der Waals surface area contributed by atoms with Crippen LogP contribution >= 0.6 is 0 Å². The number of para-hydroxylation sites is 1. The van der Waals surface area contributed by atoms with Gasteiger partial charge in [-0.3, -0.25) is 14.5 Å². The minimum atomic E-state index is -0.967. The molecule has 2 aliphatic rings. The molecule has 0 radical (unpaired) electrons. The summed E-state index contributed by atoms with van der Waals surface area (Å²) in [4.78, 5) is 28.4. The Labute approximate surface area is 221 Å². The number of hydrogen-bond donors (Lipinski definition) is 1. The van der Waals surface area contributed by atoms with E-state index in [4.69, 9.17) is 14.6 Å². The molecule has 2 heterocycles. The van der Waals surface area contributed by atoms with Crippen LogP contribution in [0.2, 0.25) is 0 Å². The number of carboxylic acids is 1. The van der Waals surface area contributed by atoms with E-state index < -0.39 is 11.8 Å². The lowest BCUT2D eigenvalue weighted by atomic mass is 10.1. The van der Waals surface area contributed by atoms with Gasteiger partial charge < -0.3 is 19.5 Å². The molecule has 0 unspecified atom stereocenters. The van der Waals surface area contributed by atoms with Gasteiger partial charge in [0.2, 0.25) is 0 Å². The Balaban J connectivity index is 1.26. The smallest absolute Gasteiger partial charge is 0.303 e. The van der Waals surface area contributed by atoms with E-state index in [1.807, 2.05) is 42.5 Å². The molecule has 3 aromatic carbocycles. The molecule has 0 atom stereocenters. The molecular formula is C30H31FN2O5. The van der Waals surface area contributed by atoms with Crippen LogP contribution in [0.4, 0.5) is 10.1 Å². The summed E-state index contributed by atoms with van der Waals surface area (Å²) in [6.45, 7) is 4.95. The van der Waals surface area contributed by atoms with Crippen LogP contribution < -0.4 is 9.64 Å². The Morgan fingerprint density at radius 1 is 0.974 bits per heavy atom. The van der Waals surface area contributed by atoms with Gasteiger partial charge in [-0.2, -0.15) is 0 Å². The van der Waals surface area contributed by atoms with Crippen LogP contribution in [0.3, 0.4) is 0 Å². The number of amides is 1. The average molecular weight is 519 g/mol. The van der Waals surface area contributed by atoms with E-state index in [0.29, 0.717) is 23.4 Å². The molecule has 0 spiro atoms. The van der Waals surface area contributed by atoms with Gasteiger partial charge in [0.15, 0.2) is 0 Å². The van der Waals surface area contributed by atoms with E-state index >= 15 is 0 Å². The Morgan fingerprint density at radius 2 is 1.76 bits per heavy atom. The second kappa shape index (κ2) is 11.8. The average Bonchev–Trinajstić information content (AvgIpc) is 3.37. The van der Waals surface area contributed by atoms with Gasteiger partial charge in [0.25, 0.3) is 5.91 Å². The monoisotopic (exact) mass is 518 g/mol. The summed E-state index contributed by atoms with van der Waals surface area (Å²) in [7, 11) is 0. The first-order valence-corrected chi connectivity index (χ1v) is 12.9. The number of ether oxygens (including phenoxy) is 2. The number of aryl methyl sites for hydroxylation is 1. The lowest BCUT2D eigenvalue weighted by Crippen LogP contribution is -2.35. The fraction of sp³-hybridized carbons (Fsp3) is 0.333. The maximum absolute atomic E-state index is 14.4. The molecule has 0 aromatic heterocycles. The molecule has 1 amide bonds. The largest absolute Gasteiger partial charge is 0.489 e. The summed E-state index contributed by atoms with van der Waals surface area (Å²) in [5, 5.41) is 8.83. The summed E-state index contributed by atoms with van der Waals surface area (Å²) >= 11 is 0. The number of carbonyl (C=O) groups excluding carboxylic acids is 1. The lowest BCUT2D eigenvalue weighted by molar-refractivity contribution is -0.136. The standard InChI is InChI=1S/C30H31FN2O5/c31-27-18-26(10-8-22(27)9-11-28(34)35)38-20-25-3-1-2-23-12-13-33(29(23)25)30(36)24-6-4-21(5-7-24)19-32-14-16-37-17-15-32/h1-8,10,18H,9,11-17,19-20H2,(H,34,35). The van der Waals surface area contributed by atoms with Gasteiger partial charge in [-0.1, -0.05) is 36.4 Å². The van der Waals surface area contributed by atoms with Crippen molar-refractivity contribution in [2.24, 2.45) is 0 Å². The van der Waals surface area contributed by atoms with Crippen molar-refractivity contribution < 1.29 is 28.6 Å². The van der Waals surface area contributed by atoms with Crippen molar-refractivity contribution in [3.8, 4) is 5.75 Å². The lowest BCUT2D eigenvalue weighted by Gasteiger charge is -2.26. The van der Waals surface area contributed by atoms with Crippen molar-refractivity contribution in [1.82, 2.24) is 4.90 Å². The Hall–Kier alpha value is -3.75. The molecule has 5 rings (SSSR count). The molecule has 38 heavy (non-hydrogen) atoms. The molecule has 198 valence electrons. The van der Waals surface area contributed by atoms with Crippen LogP contribution in [0.1, 0.15) is 39.0 Å². The number of rotatable bonds is 9. The first kappa shape index (κ1) is 25.9. The summed E-state index contributed by atoms with van der Waals surface area (Å²) < 4.78 is 25.7. The zero-order valence-corrected chi connectivity index (χ0v) is 21.2. The number of benzene rings is 3. The molecule has 1 saturated heterocycles. The predicted molar refractivity (Wildman–Crippen MR) is 141 cm³/mol. The number of fused-ring (bicyclic) bond motifs is 1. The number of aliphatic carboxylic acids is 1. The molecule has 1 N–H and O–H groups in total. The third-order valence-corrected chi connectivity index (χ3v) is 7.06. The van der Waals surface area contributed by atoms with Gasteiger partial charge in [-0.25, -0.2) is 4.39 Å². The molecule has 3 aromatic rings. The second-order valence-electron chi connectivity index (χ2n) is 9.65. The van der Waals surface area contributed by atoms with Gasteiger partial charge in [0.1, 0.15) is 18.2 Å². The number of nitrogens with zero attached hydrogens (tertiary/aromatic N) is 2. The summed E-state index contributed by atoms with van der Waals surface area (Å²) in [5.74, 6) is -1.16. The van der Waals surface area contributed by atoms with Gasteiger partial charge in [-0.15, -0.1) is 0 Å². The predicted octanol–water partition coefficient (Wildman–Crippen LogP) is 4.46. The number of carboxylic acid groups (broad SMARTS) is 1. The van der Waals surface area contributed by atoms with Gasteiger partial charge in [0, 0.05) is 49.8 Å². The van der Waals surface area contributed by atoms with E-state index in [0.717, 1.165) is 56.1 Å². The number of anilines is 1. The maximum Gasteiger partial charge on any atom is 0.303 e. The van der Waals surface area contributed by atoms with Crippen LogP contribution in [0.5, 0.6) is 5.75 Å². The summed E-state index contributed by atoms with van der Waals surface area (Å²) in [6, 6.07) is 18.2. The highest BCUT2D eigenvalue weighted by molar-refractivity contribution is 6.07. The van der Waals surface area contributed by atoms with Gasteiger partial charge >= 0.3 is 5.97 Å². The van der Waals surface area contributed by atoms with Crippen LogP contribution in [0, 0.1) is 5.82 Å². The fourth-order valence-electron chi connectivity index (χ4n) is 5.01. The highest BCUT2D eigenvalue weighted by Crippen LogP contribution is 2.34. The van der Waals surface area contributed by atoms with Crippen molar-refractivity contribution in [1.29, 1.82) is 0 Å². The van der Waals surface area contributed by atoms with Gasteiger partial charge in [0.05, 0.1) is 18.9 Å². The third kappa shape index (κ3) is 6.03. The molecule has 0 aliphatic carbocycles. The fourth-order valence-corrected chi connectivity index (χ4v) is 5.01. The van der Waals surface area contributed by atoms with Gasteiger partial charge in [-0.05, 0) is 47.7 Å². The summed E-state index contributed by atoms with van der Waals surface area (Å²) in [5.41, 5.74) is 4.94. The first-order valence-electron chi connectivity index (χ1n) is 12.9. The van der Waals surface area contributed by atoms with E-state index in [1.165, 1.54) is 11.6 Å². The van der Waals surface area contributed by atoms with Crippen molar-refractivity contribution in [2.75, 3.05) is 37.7 Å². The zero-order valence-electron chi connectivity index (χ0n) is 21.2. The van der Waals surface area contributed by atoms with Crippen LogP contribution in [0.15, 0.2) is 60.7 Å². The normalized spacial score (nSPS) is 15.3. The maximum atomic E-state index is 14.4. The topological polar surface area (TPSA) is 79.3 Å². The van der Waals surface area contributed by atoms with Crippen LogP contribution in [-0.2, 0) is 35.5 Å². The highest BCUT2D eigenvalue weighted by Gasteiger charge is 2.28. The number of carbonyl (C=O) groups is 2. The Bertz CT molecular complexity index is 1300. The van der Waals surface area contributed by atoms with Crippen LogP contribution in [0.25, 0.3) is 0 Å². The van der Waals surface area contributed by atoms with Crippen molar-refractivity contribution >= 4 is 17.6 Å². The second-order valence-corrected chi connectivity index (χ2v) is 9.65. The molecule has 8 heteroatoms. The summed E-state index contributed by atoms with van der Waals surface area (Å²) in [6.07, 6.45) is 0.754. The minimum absolute atomic E-state index is 0.0528. The van der Waals surface area contributed by atoms with E-state index in [-0.39, 0.29) is 25.4 Å². The molecule has 0 saturated carbocycles. The zero-order chi connectivity index (χ0) is 26.5. The first-order chi connectivity index (χ1) is 18.5. The molecular weight excluding hydrogens is 487 g/mol. The quantitative estimate of drug-likeness (QED) is 0.451. The SMILES string of the molecule is O=C(O)CCc1ccc(OCc2cccc3c2N(C(=O)c2ccc(CN4CCOCC4)cc2)CC3)cc1F. The molecule has 1 fully saturated rings. The number of halogens is 1. The van der Waals surface area contributed by atoms with E-state index in [2.05, 4.69) is 4.90 Å². The van der Waals surface area contributed by atoms with Crippen molar-refractivity contribution in [2.45, 2.75) is 32.4 Å². The molecule has 2 aliphatic heterocycles. The van der Waals surface area contributed by atoms with E-state index in [9.17, 15) is 14.0 Å². The number of hydrogen-bond acceptors (Lipinski definition) is 5. The van der Waals surface area contributed by atoms with Crippen molar-refractivity contribution in [3.63, 3.8) is 0 Å². The van der Waals surface area contributed by atoms with E-state index in [1.54, 1.807) is 17.0 Å². The molecule has 0 bridgehead atoms. The third-order valence-electron chi connectivity index (χ3n) is 7.06. The Kier molecular flexibility index (Phi) is 8.00. The number of morpholine rings is 1.